The minimum atomic E-state index is -0.308. The molecule has 4 heteroatoms. The summed E-state index contributed by atoms with van der Waals surface area (Å²) >= 11 is 0. The molecule has 1 aliphatic heterocycles. The zero-order valence-electron chi connectivity index (χ0n) is 11.2. The molecule has 1 amide bonds. The van der Waals surface area contributed by atoms with E-state index in [2.05, 4.69) is 23.1 Å². The Kier molecular flexibility index (Phi) is 4.53. The van der Waals surface area contributed by atoms with Crippen LogP contribution in [0.15, 0.2) is 30.3 Å². The molecule has 0 bridgehead atoms. The van der Waals surface area contributed by atoms with Crippen molar-refractivity contribution >= 4 is 5.91 Å². The highest BCUT2D eigenvalue weighted by Crippen LogP contribution is 2.16. The summed E-state index contributed by atoms with van der Waals surface area (Å²) in [7, 11) is 1.82. The van der Waals surface area contributed by atoms with Crippen molar-refractivity contribution in [3.63, 3.8) is 0 Å². The summed E-state index contributed by atoms with van der Waals surface area (Å²) in [5, 5.41) is 8.95. The van der Waals surface area contributed by atoms with Crippen LogP contribution in [-0.4, -0.2) is 41.9 Å². The molecule has 0 radical (unpaired) electrons. The van der Waals surface area contributed by atoms with Gasteiger partial charge in [0.05, 0.1) is 12.5 Å². The Morgan fingerprint density at radius 2 is 2.05 bits per heavy atom. The van der Waals surface area contributed by atoms with Crippen LogP contribution in [-0.2, 0) is 11.3 Å². The Morgan fingerprint density at radius 3 is 2.74 bits per heavy atom. The van der Waals surface area contributed by atoms with Crippen LogP contribution in [0.2, 0.25) is 0 Å². The maximum atomic E-state index is 12.3. The van der Waals surface area contributed by atoms with Gasteiger partial charge in [0.15, 0.2) is 0 Å². The lowest BCUT2D eigenvalue weighted by molar-refractivity contribution is -0.134. The van der Waals surface area contributed by atoms with E-state index in [-0.39, 0.29) is 18.4 Å². The molecule has 0 saturated carbocycles. The van der Waals surface area contributed by atoms with Gasteiger partial charge in [0, 0.05) is 26.7 Å². The third kappa shape index (κ3) is 3.33. The molecule has 100 valence electrons. The van der Waals surface area contributed by atoms with Gasteiger partial charge >= 0.3 is 0 Å². The van der Waals surface area contributed by atoms with Gasteiger partial charge in [-0.1, -0.05) is 30.3 Å². The third-order valence-electron chi connectivity index (χ3n) is 3.55. The minimum Gasteiger partial charge on any atom is -0.344 e. The number of amides is 1. The maximum Gasteiger partial charge on any atom is 0.240 e. The third-order valence-corrected chi connectivity index (χ3v) is 3.55. The first-order valence-corrected chi connectivity index (χ1v) is 6.62. The summed E-state index contributed by atoms with van der Waals surface area (Å²) in [5.74, 6) is 0.0648. The van der Waals surface area contributed by atoms with E-state index in [1.807, 2.05) is 25.2 Å². The molecular weight excluding hydrogens is 238 g/mol. The standard InChI is InChI=1S/C15H19N3O/c1-17-10-5-11-18(14(8-9-16)15(17)19)12-13-6-3-2-4-7-13/h2-4,6-7,14H,5,8,10-12H2,1H3. The molecule has 1 aromatic rings. The van der Waals surface area contributed by atoms with Crippen molar-refractivity contribution in [2.75, 3.05) is 20.1 Å². The number of hydrogen-bond donors (Lipinski definition) is 0. The lowest BCUT2D eigenvalue weighted by atomic mass is 10.1. The second-order valence-corrected chi connectivity index (χ2v) is 4.95. The Morgan fingerprint density at radius 1 is 1.32 bits per heavy atom. The molecule has 1 aromatic carbocycles. The fourth-order valence-corrected chi connectivity index (χ4v) is 2.50. The van der Waals surface area contributed by atoms with Crippen molar-refractivity contribution in [3.05, 3.63) is 35.9 Å². The Balaban J connectivity index is 2.16. The van der Waals surface area contributed by atoms with Gasteiger partial charge < -0.3 is 4.90 Å². The average Bonchev–Trinajstić information content (AvgIpc) is 2.55. The number of nitriles is 1. The summed E-state index contributed by atoms with van der Waals surface area (Å²) in [5.41, 5.74) is 1.18. The first-order chi connectivity index (χ1) is 9.22. The van der Waals surface area contributed by atoms with Gasteiger partial charge in [-0.25, -0.2) is 0 Å². The van der Waals surface area contributed by atoms with Crippen LogP contribution >= 0.6 is 0 Å². The predicted molar refractivity (Wildman–Crippen MR) is 73.1 cm³/mol. The van der Waals surface area contributed by atoms with Gasteiger partial charge in [0.2, 0.25) is 5.91 Å². The van der Waals surface area contributed by atoms with Gasteiger partial charge in [-0.2, -0.15) is 5.26 Å². The van der Waals surface area contributed by atoms with Gasteiger partial charge in [0.25, 0.3) is 0 Å². The molecule has 1 aliphatic rings. The molecule has 1 fully saturated rings. The SMILES string of the molecule is CN1CCCN(Cc2ccccc2)C(CC#N)C1=O. The molecule has 1 saturated heterocycles. The highest BCUT2D eigenvalue weighted by atomic mass is 16.2. The lowest BCUT2D eigenvalue weighted by Gasteiger charge is -2.28. The molecule has 0 spiro atoms. The lowest BCUT2D eigenvalue weighted by Crippen LogP contribution is -2.44. The Bertz CT molecular complexity index is 466. The highest BCUT2D eigenvalue weighted by molar-refractivity contribution is 5.82. The van der Waals surface area contributed by atoms with Gasteiger partial charge in [0.1, 0.15) is 6.04 Å². The van der Waals surface area contributed by atoms with E-state index in [4.69, 9.17) is 5.26 Å². The van der Waals surface area contributed by atoms with Crippen molar-refractivity contribution in [2.45, 2.75) is 25.4 Å². The molecule has 0 aliphatic carbocycles. The largest absolute Gasteiger partial charge is 0.344 e. The Hall–Kier alpha value is -1.86. The molecule has 1 atom stereocenters. The van der Waals surface area contributed by atoms with Crippen LogP contribution in [0, 0.1) is 11.3 Å². The van der Waals surface area contributed by atoms with Crippen LogP contribution in [0.1, 0.15) is 18.4 Å². The Labute approximate surface area is 114 Å². The van der Waals surface area contributed by atoms with E-state index in [1.54, 1.807) is 4.90 Å². The zero-order chi connectivity index (χ0) is 13.7. The number of likely N-dealkylation sites (N-methyl/N-ethyl adjacent to an activating group) is 1. The van der Waals surface area contributed by atoms with Gasteiger partial charge in [-0.15, -0.1) is 0 Å². The van der Waals surface area contributed by atoms with Crippen LogP contribution in [0.25, 0.3) is 0 Å². The van der Waals surface area contributed by atoms with Crippen LogP contribution in [0.4, 0.5) is 0 Å². The van der Waals surface area contributed by atoms with Crippen molar-refractivity contribution < 1.29 is 4.79 Å². The van der Waals surface area contributed by atoms with E-state index in [0.717, 1.165) is 26.1 Å². The summed E-state index contributed by atoms with van der Waals surface area (Å²) in [6, 6.07) is 11.9. The van der Waals surface area contributed by atoms with Crippen molar-refractivity contribution in [3.8, 4) is 6.07 Å². The fraction of sp³-hybridized carbons (Fsp3) is 0.467. The summed E-state index contributed by atoms with van der Waals surface area (Å²) in [6.07, 6.45) is 1.22. The first-order valence-electron chi connectivity index (χ1n) is 6.62. The van der Waals surface area contributed by atoms with Crippen molar-refractivity contribution in [2.24, 2.45) is 0 Å². The predicted octanol–water partition coefficient (Wildman–Crippen LogP) is 1.63. The molecular formula is C15H19N3O. The van der Waals surface area contributed by atoms with Gasteiger partial charge in [-0.05, 0) is 12.0 Å². The molecule has 0 N–H and O–H groups in total. The van der Waals surface area contributed by atoms with Crippen LogP contribution < -0.4 is 0 Å². The minimum absolute atomic E-state index is 0.0648. The van der Waals surface area contributed by atoms with E-state index in [0.29, 0.717) is 0 Å². The fourth-order valence-electron chi connectivity index (χ4n) is 2.50. The summed E-state index contributed by atoms with van der Waals surface area (Å²) in [4.78, 5) is 16.1. The van der Waals surface area contributed by atoms with E-state index in [1.165, 1.54) is 5.56 Å². The molecule has 0 aromatic heterocycles. The molecule has 2 rings (SSSR count). The maximum absolute atomic E-state index is 12.3. The number of carbonyl (C=O) groups is 1. The van der Waals surface area contributed by atoms with Crippen molar-refractivity contribution in [1.29, 1.82) is 5.26 Å². The summed E-state index contributed by atoms with van der Waals surface area (Å²) < 4.78 is 0. The molecule has 19 heavy (non-hydrogen) atoms. The summed E-state index contributed by atoms with van der Waals surface area (Å²) in [6.45, 7) is 2.36. The second-order valence-electron chi connectivity index (χ2n) is 4.95. The normalized spacial score (nSPS) is 20.9. The van der Waals surface area contributed by atoms with Crippen LogP contribution in [0.5, 0.6) is 0 Å². The number of nitrogens with zero attached hydrogens (tertiary/aromatic N) is 3. The molecule has 1 heterocycles. The zero-order valence-corrected chi connectivity index (χ0v) is 11.2. The number of hydrogen-bond acceptors (Lipinski definition) is 3. The van der Waals surface area contributed by atoms with E-state index < -0.39 is 0 Å². The number of benzene rings is 1. The smallest absolute Gasteiger partial charge is 0.240 e. The average molecular weight is 257 g/mol. The van der Waals surface area contributed by atoms with Crippen LogP contribution in [0.3, 0.4) is 0 Å². The molecule has 1 unspecified atom stereocenters. The topological polar surface area (TPSA) is 47.3 Å². The van der Waals surface area contributed by atoms with Crippen molar-refractivity contribution in [1.82, 2.24) is 9.80 Å². The number of rotatable bonds is 3. The molecule has 4 nitrogen and oxygen atoms in total. The first kappa shape index (κ1) is 13.6. The number of carbonyl (C=O) groups excluding carboxylic acids is 1. The monoisotopic (exact) mass is 257 g/mol. The second kappa shape index (κ2) is 6.35. The van der Waals surface area contributed by atoms with E-state index >= 15 is 0 Å². The van der Waals surface area contributed by atoms with Gasteiger partial charge in [-0.3, -0.25) is 9.69 Å². The highest BCUT2D eigenvalue weighted by Gasteiger charge is 2.30. The van der Waals surface area contributed by atoms with E-state index in [9.17, 15) is 4.79 Å². The quantitative estimate of drug-likeness (QED) is 0.827.